The number of rotatable bonds is 11. The quantitative estimate of drug-likeness (QED) is 0.0648. The Morgan fingerprint density at radius 3 is 1.11 bits per heavy atom. The summed E-state index contributed by atoms with van der Waals surface area (Å²) in [7, 11) is 0. The highest BCUT2D eigenvalue weighted by atomic mass is 32.1. The van der Waals surface area contributed by atoms with Crippen LogP contribution in [0.4, 0.5) is 75.7 Å². The summed E-state index contributed by atoms with van der Waals surface area (Å²) in [5.41, 5.74) is -6.11. The van der Waals surface area contributed by atoms with Crippen molar-refractivity contribution in [2.45, 2.75) is 50.6 Å². The second kappa shape index (κ2) is 17.3. The molecule has 0 fully saturated rings. The van der Waals surface area contributed by atoms with Crippen molar-refractivity contribution >= 4 is 57.7 Å². The van der Waals surface area contributed by atoms with E-state index >= 15 is 0 Å². The first-order valence-corrected chi connectivity index (χ1v) is 16.8. The van der Waals surface area contributed by atoms with Crippen molar-refractivity contribution < 1.29 is 52.7 Å². The summed E-state index contributed by atoms with van der Waals surface area (Å²) >= 11 is 10.2. The van der Waals surface area contributed by atoms with E-state index in [0.29, 0.717) is 47.3 Å². The molecule has 4 rings (SSSR count). The molecule has 0 aliphatic heterocycles. The maximum absolute atomic E-state index is 13.2. The van der Waals surface area contributed by atoms with Gasteiger partial charge in [0.1, 0.15) is 11.6 Å². The van der Waals surface area contributed by atoms with Gasteiger partial charge in [-0.3, -0.25) is 0 Å². The third kappa shape index (κ3) is 13.0. The zero-order chi connectivity index (χ0) is 41.6. The first-order chi connectivity index (χ1) is 25.9. The van der Waals surface area contributed by atoms with E-state index in [1.54, 1.807) is 50.2 Å². The van der Waals surface area contributed by atoms with Crippen LogP contribution >= 0.6 is 24.4 Å². The van der Waals surface area contributed by atoms with Crippen molar-refractivity contribution in [3.63, 3.8) is 0 Å². The second-order valence-electron chi connectivity index (χ2n) is 12.2. The van der Waals surface area contributed by atoms with E-state index in [1.807, 2.05) is 0 Å². The van der Waals surface area contributed by atoms with Gasteiger partial charge in [0, 0.05) is 36.5 Å². The number of nitrogens with zero attached hydrogens (tertiary/aromatic N) is 2. The number of nitrogens with one attached hydrogen (secondary N) is 6. The summed E-state index contributed by atoms with van der Waals surface area (Å²) in [6.45, 7) is 3.65. The number of aromatic nitrogens is 2. The van der Waals surface area contributed by atoms with Crippen LogP contribution < -0.4 is 31.9 Å². The zero-order valence-corrected chi connectivity index (χ0v) is 30.4. The number of pyridine rings is 2. The molecule has 0 saturated heterocycles. The molecule has 4 aromatic rings. The molecule has 0 saturated carbocycles. The van der Waals surface area contributed by atoms with Gasteiger partial charge in [-0.15, -0.1) is 0 Å². The molecule has 0 bridgehead atoms. The van der Waals surface area contributed by atoms with Crippen molar-refractivity contribution in [2.75, 3.05) is 34.4 Å². The molecule has 0 aliphatic rings. The Balaban J connectivity index is 1.30. The van der Waals surface area contributed by atoms with Crippen molar-refractivity contribution in [1.29, 1.82) is 0 Å². The van der Waals surface area contributed by atoms with Crippen LogP contribution in [0.3, 0.4) is 0 Å². The van der Waals surface area contributed by atoms with E-state index in [1.165, 1.54) is 0 Å². The fourth-order valence-corrected chi connectivity index (χ4v) is 5.44. The number of hydrogen-bond donors (Lipinski definition) is 6. The lowest BCUT2D eigenvalue weighted by molar-refractivity contribution is -0.144. The summed E-state index contributed by atoms with van der Waals surface area (Å²) in [4.78, 5) is 9.03. The monoisotopic (exact) mass is 842 g/mol. The summed E-state index contributed by atoms with van der Waals surface area (Å²) in [5.74, 6) is 0.787. The maximum atomic E-state index is 13.2. The van der Waals surface area contributed by atoms with Crippen LogP contribution in [0.5, 0.6) is 0 Å². The normalized spacial score (nSPS) is 13.3. The first kappa shape index (κ1) is 43.6. The number of halogens is 12. The minimum Gasteiger partial charge on any atom is -0.368 e. The van der Waals surface area contributed by atoms with Crippen molar-refractivity contribution in [3.8, 4) is 11.4 Å². The first-order valence-electron chi connectivity index (χ1n) is 16.0. The van der Waals surface area contributed by atoms with Gasteiger partial charge in [-0.1, -0.05) is 12.1 Å². The third-order valence-electron chi connectivity index (χ3n) is 7.39. The number of benzene rings is 2. The van der Waals surface area contributed by atoms with E-state index < -0.39 is 70.4 Å². The fraction of sp³-hybridized carbons (Fsp3) is 0.294. The van der Waals surface area contributed by atoms with Crippen LogP contribution in [0, 0.1) is 0 Å². The Kier molecular flexibility index (Phi) is 13.5. The Labute approximate surface area is 321 Å². The lowest BCUT2D eigenvalue weighted by atomic mass is 10.1. The minimum atomic E-state index is -5.02. The summed E-state index contributed by atoms with van der Waals surface area (Å²) in [5, 5.41) is 15.9. The maximum Gasteiger partial charge on any atom is 0.416 e. The fourth-order valence-electron chi connectivity index (χ4n) is 4.81. The molecule has 22 heteroatoms. The Bertz CT molecular complexity index is 1810. The summed E-state index contributed by atoms with van der Waals surface area (Å²) < 4.78 is 158. The number of alkyl halides is 12. The highest BCUT2D eigenvalue weighted by Crippen LogP contribution is 2.39. The van der Waals surface area contributed by atoms with Gasteiger partial charge in [-0.2, -0.15) is 52.7 Å². The largest absolute Gasteiger partial charge is 0.416 e. The predicted octanol–water partition coefficient (Wildman–Crippen LogP) is 9.79. The SMILES string of the molecule is C[C@@H](CNc1cccc(-c2cccc(NC[C@H](C)NC(=S)Nc3cc(C(F)(F)F)cc(C(F)(F)F)c3)n2)n1)NC(=S)Nc1cc(C(F)(F)F)cc(C(F)(F)F)c1. The predicted molar refractivity (Wildman–Crippen MR) is 195 cm³/mol. The van der Waals surface area contributed by atoms with Crippen molar-refractivity contribution in [2.24, 2.45) is 0 Å². The molecule has 2 atom stereocenters. The van der Waals surface area contributed by atoms with Gasteiger partial charge in [-0.05, 0) is 98.9 Å². The lowest BCUT2D eigenvalue weighted by Crippen LogP contribution is -2.40. The van der Waals surface area contributed by atoms with E-state index in [2.05, 4.69) is 41.9 Å². The average molecular weight is 843 g/mol. The molecule has 2 heterocycles. The molecule has 0 radical (unpaired) electrons. The molecule has 0 aliphatic carbocycles. The van der Waals surface area contributed by atoms with Gasteiger partial charge in [0.25, 0.3) is 0 Å². The molecule has 0 spiro atoms. The minimum absolute atomic E-state index is 0.00836. The van der Waals surface area contributed by atoms with E-state index in [4.69, 9.17) is 24.4 Å². The van der Waals surface area contributed by atoms with Gasteiger partial charge in [0.15, 0.2) is 10.2 Å². The molecule has 0 amide bonds. The third-order valence-corrected chi connectivity index (χ3v) is 7.83. The van der Waals surface area contributed by atoms with Crippen LogP contribution in [-0.4, -0.2) is 45.4 Å². The highest BCUT2D eigenvalue weighted by Gasteiger charge is 2.38. The molecule has 2 aromatic heterocycles. The zero-order valence-electron chi connectivity index (χ0n) is 28.7. The Hall–Kier alpha value is -5.12. The molecule has 2 aromatic carbocycles. The van der Waals surface area contributed by atoms with Crippen LogP contribution in [0.2, 0.25) is 0 Å². The molecular weight excluding hydrogens is 813 g/mol. The summed E-state index contributed by atoms with van der Waals surface area (Å²) in [6.07, 6.45) is -20.1. The van der Waals surface area contributed by atoms with Crippen LogP contribution in [0.15, 0.2) is 72.8 Å². The number of thiocarbonyl (C=S) groups is 2. The Morgan fingerprint density at radius 2 is 0.821 bits per heavy atom. The van der Waals surface area contributed by atoms with Crippen molar-refractivity contribution in [1.82, 2.24) is 20.6 Å². The van der Waals surface area contributed by atoms with Gasteiger partial charge in [0.2, 0.25) is 0 Å². The van der Waals surface area contributed by atoms with Gasteiger partial charge in [0.05, 0.1) is 33.6 Å². The average Bonchev–Trinajstić information content (AvgIpc) is 3.08. The van der Waals surface area contributed by atoms with Gasteiger partial charge >= 0.3 is 24.7 Å². The Morgan fingerprint density at radius 1 is 0.518 bits per heavy atom. The molecule has 8 nitrogen and oxygen atoms in total. The van der Waals surface area contributed by atoms with Gasteiger partial charge in [-0.25, -0.2) is 9.97 Å². The van der Waals surface area contributed by atoms with Crippen molar-refractivity contribution in [3.05, 3.63) is 95.1 Å². The van der Waals surface area contributed by atoms with Crippen LogP contribution in [-0.2, 0) is 24.7 Å². The molecule has 6 N–H and O–H groups in total. The topological polar surface area (TPSA) is 98.0 Å². The summed E-state index contributed by atoms with van der Waals surface area (Å²) in [6, 6.07) is 11.1. The second-order valence-corrected chi connectivity index (χ2v) is 13.0. The van der Waals surface area contributed by atoms with E-state index in [9.17, 15) is 52.7 Å². The number of hydrogen-bond acceptors (Lipinski definition) is 6. The molecule has 302 valence electrons. The smallest absolute Gasteiger partial charge is 0.368 e. The van der Waals surface area contributed by atoms with Crippen LogP contribution in [0.1, 0.15) is 36.1 Å². The molecular formula is C34H30F12N8S2. The van der Waals surface area contributed by atoms with Gasteiger partial charge < -0.3 is 31.9 Å². The number of anilines is 4. The molecule has 56 heavy (non-hydrogen) atoms. The highest BCUT2D eigenvalue weighted by molar-refractivity contribution is 7.80. The van der Waals surface area contributed by atoms with E-state index in [0.717, 1.165) is 0 Å². The standard InChI is InChI=1S/C34H30F12N8S2/c1-17(49-29(55)51-23-11-19(31(35,36)37)9-20(12-23)32(38,39)40)15-47-27-7-3-5-25(53-27)26-6-4-8-28(54-26)48-16-18(2)50-30(56)52-24-13-21(33(41,42)43)10-22(14-24)34(44,45)46/h3-14,17-18H,15-16H2,1-2H3,(H,47,53)(H,48,54)(H2,49,51,55)(H2,50,52,56)/t17-,18-/m0/s1. The van der Waals surface area contributed by atoms with E-state index in [-0.39, 0.29) is 35.4 Å². The lowest BCUT2D eigenvalue weighted by Gasteiger charge is -2.20. The molecule has 0 unspecified atom stereocenters. The van der Waals surface area contributed by atoms with Crippen LogP contribution in [0.25, 0.3) is 11.4 Å².